The summed E-state index contributed by atoms with van der Waals surface area (Å²) >= 11 is 0. The quantitative estimate of drug-likeness (QED) is 0.733. The Hall–Kier alpha value is -0.516. The van der Waals surface area contributed by atoms with Crippen LogP contribution in [0.15, 0.2) is 24.3 Å². The molecule has 1 saturated heterocycles. The molecule has 89 valence electrons. The van der Waals surface area contributed by atoms with Crippen LogP contribution >= 0.6 is 0 Å². The average molecular weight is 259 g/mol. The second-order valence-electron chi connectivity index (χ2n) is 4.90. The molecule has 0 unspecified atom stereocenters. The summed E-state index contributed by atoms with van der Waals surface area (Å²) in [6, 6.07) is 11.9. The molecular weight excluding hydrogens is 240 g/mol. The predicted molar refractivity (Wildman–Crippen MR) is 77.3 cm³/mol. The summed E-state index contributed by atoms with van der Waals surface area (Å²) in [4.78, 5) is 0. The van der Waals surface area contributed by atoms with Gasteiger partial charge in [0.05, 0.1) is 0 Å². The van der Waals surface area contributed by atoms with Crippen molar-refractivity contribution in [3.63, 3.8) is 0 Å². The van der Waals surface area contributed by atoms with Gasteiger partial charge in [0.25, 0.3) is 0 Å². The highest BCUT2D eigenvalue weighted by Gasteiger charge is 2.23. The average Bonchev–Trinajstić information content (AvgIpc) is 2.94. The Balaban J connectivity index is 1.92. The summed E-state index contributed by atoms with van der Waals surface area (Å²) in [6.45, 7) is 0.994. The van der Waals surface area contributed by atoms with Crippen LogP contribution in [0.1, 0.15) is 25.7 Å². The molecule has 1 aromatic carbocycles. The zero-order chi connectivity index (χ0) is 11.5. The van der Waals surface area contributed by atoms with Crippen LogP contribution in [0, 0.1) is 0 Å². The molecule has 0 atom stereocenters. The van der Waals surface area contributed by atoms with Gasteiger partial charge in [-0.2, -0.15) is 0 Å². The summed E-state index contributed by atoms with van der Waals surface area (Å²) < 4.78 is 6.07. The van der Waals surface area contributed by atoms with Gasteiger partial charge in [0.2, 0.25) is 9.04 Å². The Morgan fingerprint density at radius 2 is 1.82 bits per heavy atom. The van der Waals surface area contributed by atoms with E-state index in [1.807, 2.05) is 0 Å². The van der Waals surface area contributed by atoms with Gasteiger partial charge in [-0.05, 0) is 41.7 Å². The normalized spacial score (nSPS) is 21.5. The van der Waals surface area contributed by atoms with Crippen molar-refractivity contribution < 1.29 is 4.43 Å². The molecule has 3 rings (SSSR count). The van der Waals surface area contributed by atoms with Gasteiger partial charge in [0.1, 0.15) is 0 Å². The predicted octanol–water partition coefficient (Wildman–Crippen LogP) is 1.58. The first-order valence-electron chi connectivity index (χ1n) is 6.72. The van der Waals surface area contributed by atoms with Gasteiger partial charge in [-0.1, -0.05) is 36.4 Å². The molecule has 1 nitrogen and oxygen atoms in total. The fourth-order valence-corrected chi connectivity index (χ4v) is 8.46. The zero-order valence-electron chi connectivity index (χ0n) is 10.2. The van der Waals surface area contributed by atoms with Crippen LogP contribution in [0.3, 0.4) is 0 Å². The maximum Gasteiger partial charge on any atom is 0.246 e. The van der Waals surface area contributed by atoms with E-state index in [0.29, 0.717) is 0 Å². The van der Waals surface area contributed by atoms with E-state index < -0.39 is 9.04 Å². The van der Waals surface area contributed by atoms with Gasteiger partial charge in [-0.15, -0.1) is 0 Å². The number of benzene rings is 1. The van der Waals surface area contributed by atoms with E-state index in [1.54, 1.807) is 10.4 Å². The van der Waals surface area contributed by atoms with Gasteiger partial charge in [-0.25, -0.2) is 0 Å². The minimum atomic E-state index is -0.686. The molecular formula is C14H19OSi2. The molecule has 0 aromatic heterocycles. The second kappa shape index (κ2) is 5.42. The van der Waals surface area contributed by atoms with Crippen LogP contribution in [0.5, 0.6) is 0 Å². The van der Waals surface area contributed by atoms with Crippen LogP contribution in [-0.2, 0) is 4.43 Å². The highest BCUT2D eigenvalue weighted by molar-refractivity contribution is 6.85. The minimum Gasteiger partial charge on any atom is -0.412 e. The Morgan fingerprint density at radius 3 is 2.53 bits per heavy atom. The Morgan fingerprint density at radius 1 is 0.941 bits per heavy atom. The Bertz CT molecular complexity index is 422. The molecule has 0 bridgehead atoms. The van der Waals surface area contributed by atoms with Crippen LogP contribution in [-0.4, -0.2) is 29.7 Å². The molecule has 0 spiro atoms. The molecule has 1 radical (unpaired) electrons. The highest BCUT2D eigenvalue weighted by atomic mass is 28.3. The van der Waals surface area contributed by atoms with Gasteiger partial charge in [0.15, 0.2) is 0 Å². The largest absolute Gasteiger partial charge is 0.412 e. The Kier molecular flexibility index (Phi) is 3.69. The first kappa shape index (κ1) is 11.6. The number of rotatable bonds is 2. The third kappa shape index (κ3) is 2.51. The van der Waals surface area contributed by atoms with E-state index in [0.717, 1.165) is 6.61 Å². The standard InChI is InChI=1S/C14H19OSi2/c1-2-8-14(17-12-4-3-9-15-17)13(7-1)16-10-5-6-11-16/h1-2,7-8,10H,3-6,9,11-12H2. The van der Waals surface area contributed by atoms with Crippen molar-refractivity contribution in [1.82, 2.24) is 0 Å². The molecule has 0 saturated carbocycles. The lowest BCUT2D eigenvalue weighted by Gasteiger charge is -2.23. The van der Waals surface area contributed by atoms with Crippen LogP contribution in [0.25, 0.3) is 0 Å². The lowest BCUT2D eigenvalue weighted by atomic mass is 10.3. The van der Waals surface area contributed by atoms with Gasteiger partial charge in [-0.3, -0.25) is 0 Å². The maximum absolute atomic E-state index is 6.07. The molecule has 17 heavy (non-hydrogen) atoms. The second-order valence-corrected chi connectivity index (χ2v) is 9.57. The molecule has 3 heteroatoms. The zero-order valence-corrected chi connectivity index (χ0v) is 12.2. The summed E-state index contributed by atoms with van der Waals surface area (Å²) in [5.41, 5.74) is 2.61. The van der Waals surface area contributed by atoms with E-state index in [2.05, 4.69) is 29.9 Å². The number of hydrogen-bond donors (Lipinski definition) is 0. The van der Waals surface area contributed by atoms with Crippen molar-refractivity contribution >= 4 is 33.5 Å². The first-order chi connectivity index (χ1) is 8.45. The summed E-state index contributed by atoms with van der Waals surface area (Å²) in [5.74, 6) is 0. The van der Waals surface area contributed by atoms with Crippen LogP contribution < -0.4 is 10.4 Å². The van der Waals surface area contributed by atoms with E-state index in [1.165, 1.54) is 37.8 Å². The molecule has 2 aliphatic rings. The van der Waals surface area contributed by atoms with Gasteiger partial charge >= 0.3 is 0 Å². The highest BCUT2D eigenvalue weighted by Crippen LogP contribution is 2.11. The maximum atomic E-state index is 6.07. The summed E-state index contributed by atoms with van der Waals surface area (Å²) in [5, 5.41) is 3.27. The van der Waals surface area contributed by atoms with E-state index in [9.17, 15) is 0 Å². The van der Waals surface area contributed by atoms with Crippen LogP contribution in [0.4, 0.5) is 0 Å². The van der Waals surface area contributed by atoms with E-state index in [4.69, 9.17) is 4.43 Å². The molecule has 2 heterocycles. The molecule has 1 fully saturated rings. The summed E-state index contributed by atoms with van der Waals surface area (Å²) in [7, 11) is -1.03. The smallest absolute Gasteiger partial charge is 0.246 e. The van der Waals surface area contributed by atoms with Crippen molar-refractivity contribution in [3.05, 3.63) is 24.3 Å². The summed E-state index contributed by atoms with van der Waals surface area (Å²) in [6.07, 6.45) is 5.38. The van der Waals surface area contributed by atoms with Crippen molar-refractivity contribution in [2.45, 2.75) is 37.8 Å². The van der Waals surface area contributed by atoms with E-state index >= 15 is 0 Å². The van der Waals surface area contributed by atoms with Crippen LogP contribution in [0.2, 0.25) is 12.1 Å². The lowest BCUT2D eigenvalue weighted by molar-refractivity contribution is 0.295. The fraction of sp³-hybridized carbons (Fsp3) is 0.500. The third-order valence-corrected chi connectivity index (χ3v) is 9.14. The molecule has 0 N–H and O–H groups in total. The fourth-order valence-electron chi connectivity index (χ4n) is 2.79. The monoisotopic (exact) mass is 259 g/mol. The van der Waals surface area contributed by atoms with Crippen molar-refractivity contribution in [2.75, 3.05) is 6.61 Å². The third-order valence-electron chi connectivity index (χ3n) is 3.69. The lowest BCUT2D eigenvalue weighted by Crippen LogP contribution is -2.48. The minimum absolute atomic E-state index is 0.347. The first-order valence-corrected chi connectivity index (χ1v) is 10.1. The SMILES string of the molecule is C1=[Si](c2ccccc2[Si]2CCCCO2)CCC1. The molecule has 2 aliphatic heterocycles. The van der Waals surface area contributed by atoms with E-state index in [-0.39, 0.29) is 8.41 Å². The van der Waals surface area contributed by atoms with Gasteiger partial charge in [0, 0.05) is 15.0 Å². The number of hydrogen-bond acceptors (Lipinski definition) is 1. The van der Waals surface area contributed by atoms with Crippen molar-refractivity contribution in [3.8, 4) is 0 Å². The van der Waals surface area contributed by atoms with Crippen molar-refractivity contribution in [2.24, 2.45) is 0 Å². The molecule has 1 aromatic rings. The molecule has 0 amide bonds. The topological polar surface area (TPSA) is 9.23 Å². The Labute approximate surface area is 107 Å². The van der Waals surface area contributed by atoms with Gasteiger partial charge < -0.3 is 4.43 Å². The van der Waals surface area contributed by atoms with Crippen molar-refractivity contribution in [1.29, 1.82) is 0 Å². The molecule has 0 aliphatic carbocycles.